The SMILES string of the molecule is O=C(Nc1nc2ccccc2[nH]1)[C@H]1C[C@H]1c1ccccc1. The number of carbonyl (C=O) groups is 1. The Hall–Kier alpha value is -2.62. The van der Waals surface area contributed by atoms with E-state index in [1.54, 1.807) is 0 Å². The van der Waals surface area contributed by atoms with Crippen LogP contribution in [0.15, 0.2) is 54.6 Å². The first-order valence-electron chi connectivity index (χ1n) is 7.12. The lowest BCUT2D eigenvalue weighted by Crippen LogP contribution is -2.15. The topological polar surface area (TPSA) is 57.8 Å². The number of nitrogens with zero attached hydrogens (tertiary/aromatic N) is 1. The van der Waals surface area contributed by atoms with Gasteiger partial charge in [0.25, 0.3) is 0 Å². The van der Waals surface area contributed by atoms with Gasteiger partial charge in [0, 0.05) is 5.92 Å². The summed E-state index contributed by atoms with van der Waals surface area (Å²) in [7, 11) is 0. The summed E-state index contributed by atoms with van der Waals surface area (Å²) in [4.78, 5) is 19.8. The van der Waals surface area contributed by atoms with Crippen molar-refractivity contribution in [3.63, 3.8) is 0 Å². The summed E-state index contributed by atoms with van der Waals surface area (Å²) in [6.45, 7) is 0. The first-order valence-corrected chi connectivity index (χ1v) is 7.12. The number of nitrogens with one attached hydrogen (secondary N) is 2. The molecule has 1 fully saturated rings. The molecule has 0 saturated heterocycles. The van der Waals surface area contributed by atoms with Crippen molar-refractivity contribution in [2.75, 3.05) is 5.32 Å². The molecule has 1 heterocycles. The molecule has 0 bridgehead atoms. The lowest BCUT2D eigenvalue weighted by Gasteiger charge is -2.01. The summed E-state index contributed by atoms with van der Waals surface area (Å²) < 4.78 is 0. The van der Waals surface area contributed by atoms with E-state index in [1.807, 2.05) is 42.5 Å². The van der Waals surface area contributed by atoms with Gasteiger partial charge in [0.15, 0.2) is 0 Å². The summed E-state index contributed by atoms with van der Waals surface area (Å²) >= 11 is 0. The van der Waals surface area contributed by atoms with Crippen molar-refractivity contribution in [1.82, 2.24) is 9.97 Å². The molecule has 1 saturated carbocycles. The number of anilines is 1. The predicted molar refractivity (Wildman–Crippen MR) is 82.0 cm³/mol. The van der Waals surface area contributed by atoms with E-state index in [2.05, 4.69) is 27.4 Å². The summed E-state index contributed by atoms with van der Waals surface area (Å²) in [6.07, 6.45) is 0.913. The van der Waals surface area contributed by atoms with Gasteiger partial charge in [-0.2, -0.15) is 0 Å². The molecule has 1 amide bonds. The van der Waals surface area contributed by atoms with E-state index < -0.39 is 0 Å². The Morgan fingerprint density at radius 3 is 2.67 bits per heavy atom. The fraction of sp³-hybridized carbons (Fsp3) is 0.176. The maximum Gasteiger partial charge on any atom is 0.230 e. The lowest BCUT2D eigenvalue weighted by molar-refractivity contribution is -0.117. The Morgan fingerprint density at radius 2 is 1.86 bits per heavy atom. The lowest BCUT2D eigenvalue weighted by atomic mass is 10.1. The van der Waals surface area contributed by atoms with Crippen LogP contribution in [0.2, 0.25) is 0 Å². The monoisotopic (exact) mass is 277 g/mol. The van der Waals surface area contributed by atoms with Gasteiger partial charge in [-0.05, 0) is 30.0 Å². The number of benzene rings is 2. The van der Waals surface area contributed by atoms with Crippen molar-refractivity contribution in [3.8, 4) is 0 Å². The van der Waals surface area contributed by atoms with Gasteiger partial charge in [0.1, 0.15) is 0 Å². The Bertz CT molecular complexity index is 761. The molecule has 4 rings (SSSR count). The number of fused-ring (bicyclic) bond motifs is 1. The normalized spacial score (nSPS) is 20.4. The molecule has 0 unspecified atom stereocenters. The molecule has 1 aliphatic carbocycles. The van der Waals surface area contributed by atoms with E-state index in [-0.39, 0.29) is 11.8 Å². The average Bonchev–Trinajstić information content (AvgIpc) is 3.22. The molecule has 104 valence electrons. The van der Waals surface area contributed by atoms with Crippen LogP contribution in [0.3, 0.4) is 0 Å². The van der Waals surface area contributed by atoms with Crippen LogP contribution < -0.4 is 5.32 Å². The average molecular weight is 277 g/mol. The zero-order valence-electron chi connectivity index (χ0n) is 11.4. The minimum atomic E-state index is 0.0444. The van der Waals surface area contributed by atoms with Crippen LogP contribution in [-0.4, -0.2) is 15.9 Å². The molecule has 21 heavy (non-hydrogen) atoms. The minimum absolute atomic E-state index is 0.0444. The molecule has 0 radical (unpaired) electrons. The zero-order valence-corrected chi connectivity index (χ0v) is 11.4. The number of hydrogen-bond acceptors (Lipinski definition) is 2. The van der Waals surface area contributed by atoms with Crippen molar-refractivity contribution >= 4 is 22.9 Å². The van der Waals surface area contributed by atoms with Crippen molar-refractivity contribution in [2.45, 2.75) is 12.3 Å². The van der Waals surface area contributed by atoms with Crippen LogP contribution >= 0.6 is 0 Å². The van der Waals surface area contributed by atoms with Crippen LogP contribution in [0.5, 0.6) is 0 Å². The van der Waals surface area contributed by atoms with Crippen molar-refractivity contribution in [2.24, 2.45) is 5.92 Å². The molecule has 2 N–H and O–H groups in total. The highest BCUT2D eigenvalue weighted by Crippen LogP contribution is 2.47. The standard InChI is InChI=1S/C17H15N3O/c21-16(13-10-12(13)11-6-2-1-3-7-11)20-17-18-14-8-4-5-9-15(14)19-17/h1-9,12-13H,10H2,(H2,18,19,20,21)/t12-,13-/m0/s1. The van der Waals surface area contributed by atoms with E-state index >= 15 is 0 Å². The fourth-order valence-electron chi connectivity index (χ4n) is 2.77. The number of H-pyrrole nitrogens is 1. The number of para-hydroxylation sites is 2. The molecule has 0 aliphatic heterocycles. The first kappa shape index (κ1) is 12.1. The Kier molecular flexibility index (Phi) is 2.74. The van der Waals surface area contributed by atoms with Crippen LogP contribution in [0.25, 0.3) is 11.0 Å². The molecule has 1 aromatic heterocycles. The number of aromatic nitrogens is 2. The molecule has 3 aromatic rings. The highest BCUT2D eigenvalue weighted by molar-refractivity contribution is 5.95. The molecule has 2 atom stereocenters. The Morgan fingerprint density at radius 1 is 1.10 bits per heavy atom. The number of hydrogen-bond donors (Lipinski definition) is 2. The maximum atomic E-state index is 12.3. The van der Waals surface area contributed by atoms with Crippen LogP contribution in [0.4, 0.5) is 5.95 Å². The largest absolute Gasteiger partial charge is 0.324 e. The summed E-state index contributed by atoms with van der Waals surface area (Å²) in [5.74, 6) is 0.971. The third-order valence-electron chi connectivity index (χ3n) is 3.99. The van der Waals surface area contributed by atoms with Crippen LogP contribution in [0, 0.1) is 5.92 Å². The summed E-state index contributed by atoms with van der Waals surface area (Å²) in [5.41, 5.74) is 3.04. The smallest absolute Gasteiger partial charge is 0.230 e. The summed E-state index contributed by atoms with van der Waals surface area (Å²) in [5, 5.41) is 2.89. The summed E-state index contributed by atoms with van der Waals surface area (Å²) in [6, 6.07) is 17.9. The number of amides is 1. The third-order valence-corrected chi connectivity index (χ3v) is 3.99. The quantitative estimate of drug-likeness (QED) is 0.771. The zero-order chi connectivity index (χ0) is 14.2. The second kappa shape index (κ2) is 4.74. The van der Waals surface area contributed by atoms with Crippen molar-refractivity contribution in [1.29, 1.82) is 0 Å². The van der Waals surface area contributed by atoms with Gasteiger partial charge < -0.3 is 4.98 Å². The minimum Gasteiger partial charge on any atom is -0.324 e. The van der Waals surface area contributed by atoms with E-state index in [0.717, 1.165) is 17.5 Å². The molecular weight excluding hydrogens is 262 g/mol. The molecule has 0 spiro atoms. The van der Waals surface area contributed by atoms with E-state index in [1.165, 1.54) is 5.56 Å². The molecule has 2 aromatic carbocycles. The molecule has 4 nitrogen and oxygen atoms in total. The Balaban J connectivity index is 1.47. The second-order valence-electron chi connectivity index (χ2n) is 5.45. The van der Waals surface area contributed by atoms with Gasteiger partial charge in [-0.1, -0.05) is 42.5 Å². The van der Waals surface area contributed by atoms with Gasteiger partial charge in [-0.3, -0.25) is 10.1 Å². The highest BCUT2D eigenvalue weighted by Gasteiger charge is 2.44. The van der Waals surface area contributed by atoms with Gasteiger partial charge in [0.05, 0.1) is 11.0 Å². The third kappa shape index (κ3) is 2.29. The fourth-order valence-corrected chi connectivity index (χ4v) is 2.77. The number of imidazole rings is 1. The number of carbonyl (C=O) groups excluding carboxylic acids is 1. The number of aromatic amines is 1. The van der Waals surface area contributed by atoms with Gasteiger partial charge in [-0.25, -0.2) is 4.98 Å². The maximum absolute atomic E-state index is 12.3. The van der Waals surface area contributed by atoms with Gasteiger partial charge >= 0.3 is 0 Å². The predicted octanol–water partition coefficient (Wildman–Crippen LogP) is 3.31. The van der Waals surface area contributed by atoms with E-state index in [4.69, 9.17) is 0 Å². The van der Waals surface area contributed by atoms with Crippen LogP contribution in [-0.2, 0) is 4.79 Å². The van der Waals surface area contributed by atoms with Crippen molar-refractivity contribution < 1.29 is 4.79 Å². The highest BCUT2D eigenvalue weighted by atomic mass is 16.2. The van der Waals surface area contributed by atoms with Gasteiger partial charge in [-0.15, -0.1) is 0 Å². The molecule has 4 heteroatoms. The van der Waals surface area contributed by atoms with E-state index in [9.17, 15) is 4.79 Å². The van der Waals surface area contributed by atoms with Gasteiger partial charge in [0.2, 0.25) is 11.9 Å². The van der Waals surface area contributed by atoms with Crippen molar-refractivity contribution in [3.05, 3.63) is 60.2 Å². The van der Waals surface area contributed by atoms with Crippen LogP contribution in [0.1, 0.15) is 17.9 Å². The first-order chi connectivity index (χ1) is 10.3. The second-order valence-corrected chi connectivity index (χ2v) is 5.45. The number of rotatable bonds is 3. The van der Waals surface area contributed by atoms with E-state index in [0.29, 0.717) is 11.9 Å². The molecular formula is C17H15N3O. The molecule has 1 aliphatic rings. The Labute approximate surface area is 122 Å².